The lowest BCUT2D eigenvalue weighted by Gasteiger charge is -2.09. The van der Waals surface area contributed by atoms with Crippen molar-refractivity contribution in [2.75, 3.05) is 12.4 Å². The third kappa shape index (κ3) is 2.82. The highest BCUT2D eigenvalue weighted by Gasteiger charge is 2.11. The van der Waals surface area contributed by atoms with Crippen molar-refractivity contribution in [1.82, 2.24) is 9.97 Å². The molecular formula is C13H13N3O2. The minimum atomic E-state index is -0.406. The molecule has 2 heterocycles. The fourth-order valence-corrected chi connectivity index (χ4v) is 1.51. The van der Waals surface area contributed by atoms with E-state index < -0.39 is 5.97 Å². The van der Waals surface area contributed by atoms with Crippen LogP contribution in [0.25, 0.3) is 0 Å². The molecule has 18 heavy (non-hydrogen) atoms. The van der Waals surface area contributed by atoms with E-state index in [1.165, 1.54) is 7.11 Å². The number of pyridine rings is 2. The number of nitrogens with one attached hydrogen (secondary N) is 1. The zero-order valence-corrected chi connectivity index (χ0v) is 9.96. The number of carbonyl (C=O) groups excluding carboxylic acids is 1. The van der Waals surface area contributed by atoms with Gasteiger partial charge in [0.15, 0.2) is 0 Å². The molecular weight excluding hydrogens is 230 g/mol. The lowest BCUT2D eigenvalue weighted by molar-refractivity contribution is 0.0601. The van der Waals surface area contributed by atoms with Crippen LogP contribution in [0.15, 0.2) is 42.9 Å². The van der Waals surface area contributed by atoms with Crippen LogP contribution >= 0.6 is 0 Å². The van der Waals surface area contributed by atoms with Crippen molar-refractivity contribution in [3.8, 4) is 0 Å². The SMILES string of the molecule is COC(=O)c1cccnc1NCc1cccnc1. The third-order valence-electron chi connectivity index (χ3n) is 2.40. The molecule has 92 valence electrons. The van der Waals surface area contributed by atoms with Crippen molar-refractivity contribution < 1.29 is 9.53 Å². The molecule has 0 aromatic carbocycles. The van der Waals surface area contributed by atoms with Crippen molar-refractivity contribution in [2.45, 2.75) is 6.54 Å². The molecule has 0 aliphatic carbocycles. The second-order valence-electron chi connectivity index (χ2n) is 3.61. The number of carbonyl (C=O) groups is 1. The molecule has 0 unspecified atom stereocenters. The van der Waals surface area contributed by atoms with Crippen LogP contribution in [0.4, 0.5) is 5.82 Å². The van der Waals surface area contributed by atoms with Gasteiger partial charge in [-0.1, -0.05) is 6.07 Å². The van der Waals surface area contributed by atoms with Crippen molar-refractivity contribution in [1.29, 1.82) is 0 Å². The Morgan fingerprint density at radius 3 is 2.89 bits per heavy atom. The quantitative estimate of drug-likeness (QED) is 0.830. The number of nitrogens with zero attached hydrogens (tertiary/aromatic N) is 2. The summed E-state index contributed by atoms with van der Waals surface area (Å²) in [6.45, 7) is 0.550. The maximum Gasteiger partial charge on any atom is 0.341 e. The molecule has 1 N–H and O–H groups in total. The van der Waals surface area contributed by atoms with Gasteiger partial charge in [-0.25, -0.2) is 9.78 Å². The lowest BCUT2D eigenvalue weighted by atomic mass is 10.2. The summed E-state index contributed by atoms with van der Waals surface area (Å²) in [7, 11) is 1.35. The molecule has 0 spiro atoms. The van der Waals surface area contributed by atoms with Crippen LogP contribution in [0, 0.1) is 0 Å². The first-order chi connectivity index (χ1) is 8.81. The Morgan fingerprint density at radius 1 is 1.33 bits per heavy atom. The smallest absolute Gasteiger partial charge is 0.341 e. The van der Waals surface area contributed by atoms with Gasteiger partial charge in [-0.05, 0) is 23.8 Å². The van der Waals surface area contributed by atoms with E-state index in [-0.39, 0.29) is 0 Å². The van der Waals surface area contributed by atoms with Gasteiger partial charge in [-0.3, -0.25) is 4.98 Å². The van der Waals surface area contributed by atoms with Crippen LogP contribution in [-0.4, -0.2) is 23.0 Å². The summed E-state index contributed by atoms with van der Waals surface area (Å²) in [6, 6.07) is 7.17. The van der Waals surface area contributed by atoms with E-state index in [9.17, 15) is 4.79 Å². The van der Waals surface area contributed by atoms with Gasteiger partial charge in [0, 0.05) is 25.1 Å². The average molecular weight is 243 g/mol. The van der Waals surface area contributed by atoms with Gasteiger partial charge in [0.1, 0.15) is 11.4 Å². The zero-order valence-electron chi connectivity index (χ0n) is 9.96. The zero-order chi connectivity index (χ0) is 12.8. The molecule has 2 aromatic rings. The van der Waals surface area contributed by atoms with E-state index in [1.54, 1.807) is 30.7 Å². The first kappa shape index (κ1) is 12.0. The highest BCUT2D eigenvalue weighted by Crippen LogP contribution is 2.13. The van der Waals surface area contributed by atoms with Gasteiger partial charge in [-0.2, -0.15) is 0 Å². The largest absolute Gasteiger partial charge is 0.465 e. The molecule has 2 aromatic heterocycles. The van der Waals surface area contributed by atoms with Crippen molar-refractivity contribution in [3.05, 3.63) is 54.0 Å². The van der Waals surface area contributed by atoms with Gasteiger partial charge in [-0.15, -0.1) is 0 Å². The Labute approximate surface area is 105 Å². The molecule has 0 amide bonds. The number of anilines is 1. The summed E-state index contributed by atoms with van der Waals surface area (Å²) < 4.78 is 4.70. The molecule has 0 fully saturated rings. The predicted octanol–water partition coefficient (Wildman–Crippen LogP) is 1.88. The molecule has 0 bridgehead atoms. The summed E-state index contributed by atoms with van der Waals surface area (Å²) in [5.74, 6) is 0.102. The third-order valence-corrected chi connectivity index (χ3v) is 2.40. The Balaban J connectivity index is 2.12. The van der Waals surface area contributed by atoms with Crippen LogP contribution in [0.3, 0.4) is 0 Å². The van der Waals surface area contributed by atoms with Crippen LogP contribution in [0.1, 0.15) is 15.9 Å². The summed E-state index contributed by atoms with van der Waals surface area (Å²) >= 11 is 0. The van der Waals surface area contributed by atoms with Gasteiger partial charge >= 0.3 is 5.97 Å². The number of esters is 1. The number of aromatic nitrogens is 2. The molecule has 5 heteroatoms. The van der Waals surface area contributed by atoms with Crippen molar-refractivity contribution in [2.24, 2.45) is 0 Å². The monoisotopic (exact) mass is 243 g/mol. The molecule has 2 rings (SSSR count). The molecule has 0 saturated carbocycles. The first-order valence-corrected chi connectivity index (χ1v) is 5.47. The van der Waals surface area contributed by atoms with Crippen LogP contribution < -0.4 is 5.32 Å². The number of rotatable bonds is 4. The van der Waals surface area contributed by atoms with E-state index in [1.807, 2.05) is 12.1 Å². The maximum atomic E-state index is 11.5. The molecule has 0 saturated heterocycles. The van der Waals surface area contributed by atoms with E-state index in [0.29, 0.717) is 17.9 Å². The van der Waals surface area contributed by atoms with E-state index in [4.69, 9.17) is 4.74 Å². The molecule has 0 atom stereocenters. The second-order valence-corrected chi connectivity index (χ2v) is 3.61. The maximum absolute atomic E-state index is 11.5. The van der Waals surface area contributed by atoms with Gasteiger partial charge in [0.2, 0.25) is 0 Å². The summed E-state index contributed by atoms with van der Waals surface area (Å²) in [5.41, 5.74) is 1.43. The van der Waals surface area contributed by atoms with E-state index in [0.717, 1.165) is 5.56 Å². The van der Waals surface area contributed by atoms with Gasteiger partial charge in [0.25, 0.3) is 0 Å². The minimum Gasteiger partial charge on any atom is -0.465 e. The van der Waals surface area contributed by atoms with Crippen LogP contribution in [0.2, 0.25) is 0 Å². The predicted molar refractivity (Wildman–Crippen MR) is 67.1 cm³/mol. The fourth-order valence-electron chi connectivity index (χ4n) is 1.51. The van der Waals surface area contributed by atoms with Crippen molar-refractivity contribution in [3.63, 3.8) is 0 Å². The Bertz CT molecular complexity index is 529. The van der Waals surface area contributed by atoms with E-state index in [2.05, 4.69) is 15.3 Å². The average Bonchev–Trinajstić information content (AvgIpc) is 2.45. The fraction of sp³-hybridized carbons (Fsp3) is 0.154. The Kier molecular flexibility index (Phi) is 3.86. The second kappa shape index (κ2) is 5.77. The molecule has 0 aliphatic heterocycles. The molecule has 5 nitrogen and oxygen atoms in total. The Hall–Kier alpha value is -2.43. The normalized spacial score (nSPS) is 9.83. The minimum absolute atomic E-state index is 0.406. The number of ether oxygens (including phenoxy) is 1. The first-order valence-electron chi connectivity index (χ1n) is 5.47. The standard InChI is InChI=1S/C13H13N3O2/c1-18-13(17)11-5-3-7-15-12(11)16-9-10-4-2-6-14-8-10/h2-8H,9H2,1H3,(H,15,16). The van der Waals surface area contributed by atoms with Gasteiger partial charge < -0.3 is 10.1 Å². The summed E-state index contributed by atoms with van der Waals surface area (Å²) in [5, 5.41) is 3.09. The highest BCUT2D eigenvalue weighted by atomic mass is 16.5. The van der Waals surface area contributed by atoms with Crippen LogP contribution in [-0.2, 0) is 11.3 Å². The summed E-state index contributed by atoms with van der Waals surface area (Å²) in [6.07, 6.45) is 5.09. The lowest BCUT2D eigenvalue weighted by Crippen LogP contribution is -2.09. The highest BCUT2D eigenvalue weighted by molar-refractivity contribution is 5.94. The molecule has 0 radical (unpaired) electrons. The number of methoxy groups -OCH3 is 1. The van der Waals surface area contributed by atoms with Gasteiger partial charge in [0.05, 0.1) is 7.11 Å². The summed E-state index contributed by atoms with van der Waals surface area (Å²) in [4.78, 5) is 19.7. The topological polar surface area (TPSA) is 64.1 Å². The molecule has 0 aliphatic rings. The Morgan fingerprint density at radius 2 is 2.17 bits per heavy atom. The number of hydrogen-bond donors (Lipinski definition) is 1. The van der Waals surface area contributed by atoms with Crippen molar-refractivity contribution >= 4 is 11.8 Å². The van der Waals surface area contributed by atoms with E-state index >= 15 is 0 Å². The number of hydrogen-bond acceptors (Lipinski definition) is 5. The van der Waals surface area contributed by atoms with Crippen LogP contribution in [0.5, 0.6) is 0 Å².